The third-order valence-corrected chi connectivity index (χ3v) is 1.90. The molecule has 0 amide bonds. The van der Waals surface area contributed by atoms with E-state index in [2.05, 4.69) is 0 Å². The molecule has 0 bridgehead atoms. The summed E-state index contributed by atoms with van der Waals surface area (Å²) in [6, 6.07) is 2.53. The highest BCUT2D eigenvalue weighted by Crippen LogP contribution is 2.16. The molecule has 0 saturated heterocycles. The van der Waals surface area contributed by atoms with E-state index >= 15 is 0 Å². The topological polar surface area (TPSA) is 49.7 Å². The van der Waals surface area contributed by atoms with E-state index in [1.807, 2.05) is 0 Å². The van der Waals surface area contributed by atoms with Gasteiger partial charge in [0.15, 0.2) is 11.6 Å². The van der Waals surface area contributed by atoms with Crippen LogP contribution in [0.1, 0.15) is 12.5 Å². The normalized spacial score (nSPS) is 10.1. The Labute approximate surface area is 82.3 Å². The maximum absolute atomic E-state index is 13.2. The van der Waals surface area contributed by atoms with E-state index in [0.29, 0.717) is 12.2 Å². The van der Waals surface area contributed by atoms with Crippen molar-refractivity contribution in [2.24, 2.45) is 0 Å². The molecule has 5 heteroatoms. The van der Waals surface area contributed by atoms with E-state index in [0.717, 1.165) is 0 Å². The van der Waals surface area contributed by atoms with Gasteiger partial charge in [0, 0.05) is 0 Å². The van der Waals surface area contributed by atoms with E-state index in [-0.39, 0.29) is 11.2 Å². The Morgan fingerprint density at radius 3 is 2.57 bits per heavy atom. The Kier molecular flexibility index (Phi) is 3.49. The molecule has 0 heterocycles. The summed E-state index contributed by atoms with van der Waals surface area (Å²) in [5.41, 5.74) is 0.746. The molecule has 0 saturated carbocycles. The summed E-state index contributed by atoms with van der Waals surface area (Å²) in [5, 5.41) is 17.9. The van der Waals surface area contributed by atoms with Crippen molar-refractivity contribution in [1.82, 2.24) is 0 Å². The molecule has 0 atom stereocenters. The molecule has 0 radical (unpaired) electrons. The first-order valence-corrected chi connectivity index (χ1v) is 4.35. The maximum Gasteiger partial charge on any atom is 0.488 e. The summed E-state index contributed by atoms with van der Waals surface area (Å²) in [7, 11) is -1.60. The van der Waals surface area contributed by atoms with E-state index in [1.54, 1.807) is 13.8 Å². The number of rotatable bonds is 3. The first-order valence-electron chi connectivity index (χ1n) is 4.35. The zero-order valence-corrected chi connectivity index (χ0v) is 8.12. The Balaban J connectivity index is 3.13. The number of benzene rings is 1. The Morgan fingerprint density at radius 1 is 1.43 bits per heavy atom. The van der Waals surface area contributed by atoms with Gasteiger partial charge in [0.2, 0.25) is 0 Å². The molecule has 3 nitrogen and oxygen atoms in total. The van der Waals surface area contributed by atoms with Crippen molar-refractivity contribution >= 4 is 12.6 Å². The highest BCUT2D eigenvalue weighted by Gasteiger charge is 2.17. The highest BCUT2D eigenvalue weighted by atomic mass is 19.1. The minimum Gasteiger partial charge on any atom is -0.491 e. The zero-order valence-electron chi connectivity index (χ0n) is 8.12. The Hall–Kier alpha value is -1.07. The predicted octanol–water partition coefficient (Wildman–Crippen LogP) is 0.213. The van der Waals surface area contributed by atoms with Crippen molar-refractivity contribution < 1.29 is 19.2 Å². The van der Waals surface area contributed by atoms with Gasteiger partial charge < -0.3 is 14.8 Å². The average Bonchev–Trinajstić information content (AvgIpc) is 2.09. The van der Waals surface area contributed by atoms with E-state index in [4.69, 9.17) is 14.8 Å². The van der Waals surface area contributed by atoms with Crippen molar-refractivity contribution in [3.8, 4) is 5.75 Å². The monoisotopic (exact) mass is 198 g/mol. The summed E-state index contributed by atoms with van der Waals surface area (Å²) < 4.78 is 18.2. The van der Waals surface area contributed by atoms with Crippen LogP contribution in [0.4, 0.5) is 4.39 Å². The van der Waals surface area contributed by atoms with Gasteiger partial charge in [-0.25, -0.2) is 4.39 Å². The number of hydrogen-bond donors (Lipinski definition) is 2. The molecule has 1 aromatic carbocycles. The molecule has 0 aliphatic heterocycles. The van der Waals surface area contributed by atoms with Crippen molar-refractivity contribution in [3.63, 3.8) is 0 Å². The summed E-state index contributed by atoms with van der Waals surface area (Å²) in [4.78, 5) is 0. The predicted molar refractivity (Wildman–Crippen MR) is 52.1 cm³/mol. The van der Waals surface area contributed by atoms with Gasteiger partial charge in [0.1, 0.15) is 0 Å². The highest BCUT2D eigenvalue weighted by molar-refractivity contribution is 6.59. The summed E-state index contributed by atoms with van der Waals surface area (Å²) in [6.07, 6.45) is 0. The quantitative estimate of drug-likeness (QED) is 0.682. The lowest BCUT2D eigenvalue weighted by Gasteiger charge is -2.09. The lowest BCUT2D eigenvalue weighted by atomic mass is 9.77. The molecular formula is C9H12BFO3. The van der Waals surface area contributed by atoms with E-state index < -0.39 is 12.9 Å². The van der Waals surface area contributed by atoms with Crippen LogP contribution in [0.15, 0.2) is 12.1 Å². The molecule has 14 heavy (non-hydrogen) atoms. The Morgan fingerprint density at radius 2 is 2.07 bits per heavy atom. The first-order chi connectivity index (χ1) is 6.56. The van der Waals surface area contributed by atoms with Gasteiger partial charge >= 0.3 is 7.12 Å². The van der Waals surface area contributed by atoms with E-state index in [9.17, 15) is 4.39 Å². The molecule has 0 aromatic heterocycles. The lowest BCUT2D eigenvalue weighted by Crippen LogP contribution is -2.32. The second-order valence-electron chi connectivity index (χ2n) is 2.95. The second kappa shape index (κ2) is 4.44. The molecule has 76 valence electrons. The standard InChI is InChI=1S/C9H12BFO3/c1-3-14-9-5-7(10(12)13)6(2)4-8(9)11/h4-5,12-13H,3H2,1-2H3. The van der Waals surface area contributed by atoms with Gasteiger partial charge in [-0.3, -0.25) is 0 Å². The van der Waals surface area contributed by atoms with Crippen LogP contribution >= 0.6 is 0 Å². The fourth-order valence-corrected chi connectivity index (χ4v) is 1.21. The molecule has 1 aromatic rings. The minimum atomic E-state index is -1.60. The van der Waals surface area contributed by atoms with Crippen molar-refractivity contribution in [2.75, 3.05) is 6.61 Å². The lowest BCUT2D eigenvalue weighted by molar-refractivity contribution is 0.321. The molecule has 0 fully saturated rings. The smallest absolute Gasteiger partial charge is 0.488 e. The molecule has 0 spiro atoms. The van der Waals surface area contributed by atoms with Crippen LogP contribution in [0.2, 0.25) is 0 Å². The van der Waals surface area contributed by atoms with Gasteiger partial charge in [-0.05, 0) is 37.0 Å². The molecule has 2 N–H and O–H groups in total. The van der Waals surface area contributed by atoms with Crippen LogP contribution in [0.5, 0.6) is 5.75 Å². The van der Waals surface area contributed by atoms with Crippen LogP contribution < -0.4 is 10.2 Å². The van der Waals surface area contributed by atoms with Crippen molar-refractivity contribution in [1.29, 1.82) is 0 Å². The zero-order chi connectivity index (χ0) is 10.7. The fourth-order valence-electron chi connectivity index (χ4n) is 1.21. The third kappa shape index (κ3) is 2.24. The number of halogens is 1. The summed E-state index contributed by atoms with van der Waals surface area (Å²) >= 11 is 0. The number of ether oxygens (including phenoxy) is 1. The first kappa shape index (κ1) is 11.0. The van der Waals surface area contributed by atoms with Gasteiger partial charge in [-0.15, -0.1) is 0 Å². The molecule has 0 aliphatic rings. The van der Waals surface area contributed by atoms with Crippen LogP contribution in [-0.4, -0.2) is 23.8 Å². The largest absolute Gasteiger partial charge is 0.491 e. The van der Waals surface area contributed by atoms with Gasteiger partial charge in [0.05, 0.1) is 6.61 Å². The number of aryl methyl sites for hydroxylation is 1. The van der Waals surface area contributed by atoms with Crippen molar-refractivity contribution in [2.45, 2.75) is 13.8 Å². The van der Waals surface area contributed by atoms with E-state index in [1.165, 1.54) is 12.1 Å². The number of hydrogen-bond acceptors (Lipinski definition) is 3. The van der Waals surface area contributed by atoms with Crippen molar-refractivity contribution in [3.05, 3.63) is 23.5 Å². The van der Waals surface area contributed by atoms with Crippen LogP contribution in [0.25, 0.3) is 0 Å². The average molecular weight is 198 g/mol. The molecule has 1 rings (SSSR count). The molecule has 0 unspecified atom stereocenters. The maximum atomic E-state index is 13.2. The third-order valence-electron chi connectivity index (χ3n) is 1.90. The second-order valence-corrected chi connectivity index (χ2v) is 2.95. The Bertz CT molecular complexity index is 328. The van der Waals surface area contributed by atoms with Gasteiger partial charge in [0.25, 0.3) is 0 Å². The van der Waals surface area contributed by atoms with Crippen LogP contribution in [0.3, 0.4) is 0 Å². The minimum absolute atomic E-state index is 0.0428. The van der Waals surface area contributed by atoms with Crippen LogP contribution in [-0.2, 0) is 0 Å². The molecule has 0 aliphatic carbocycles. The van der Waals surface area contributed by atoms with Gasteiger partial charge in [-0.2, -0.15) is 0 Å². The fraction of sp³-hybridized carbons (Fsp3) is 0.333. The van der Waals surface area contributed by atoms with Crippen LogP contribution in [0, 0.1) is 12.7 Å². The summed E-state index contributed by atoms with van der Waals surface area (Å²) in [6.45, 7) is 3.67. The summed E-state index contributed by atoms with van der Waals surface area (Å²) in [5.74, 6) is -0.449. The van der Waals surface area contributed by atoms with Gasteiger partial charge in [-0.1, -0.05) is 0 Å². The molecular weight excluding hydrogens is 186 g/mol. The SMILES string of the molecule is CCOc1cc(B(O)O)c(C)cc1F.